The molecule has 11 heteroatoms. The van der Waals surface area contributed by atoms with Gasteiger partial charge in [0.25, 0.3) is 5.91 Å². The van der Waals surface area contributed by atoms with Crippen LogP contribution in [0.5, 0.6) is 5.75 Å². The molecule has 0 radical (unpaired) electrons. The van der Waals surface area contributed by atoms with Gasteiger partial charge in [-0.25, -0.2) is 8.42 Å². The van der Waals surface area contributed by atoms with Crippen LogP contribution in [-0.2, 0) is 14.8 Å². The Morgan fingerprint density at radius 3 is 2.52 bits per heavy atom. The molecule has 0 fully saturated rings. The molecule has 2 aromatic rings. The predicted octanol–water partition coefficient (Wildman–Crippen LogP) is 2.84. The maximum atomic E-state index is 12.4. The van der Waals surface area contributed by atoms with Crippen LogP contribution in [0.2, 0.25) is 0 Å². The first-order valence-electron chi connectivity index (χ1n) is 8.22. The number of carbonyl (C=O) groups is 1. The van der Waals surface area contributed by atoms with Crippen molar-refractivity contribution in [3.8, 4) is 5.75 Å². The molecular formula is C16H22N4O4S3. The quantitative estimate of drug-likeness (QED) is 0.482. The summed E-state index contributed by atoms with van der Waals surface area (Å²) in [4.78, 5) is 12.4. The van der Waals surface area contributed by atoms with E-state index in [4.69, 9.17) is 4.74 Å². The van der Waals surface area contributed by atoms with Gasteiger partial charge in [0.15, 0.2) is 10.4 Å². The average molecular weight is 431 g/mol. The Morgan fingerprint density at radius 1 is 1.30 bits per heavy atom. The molecule has 1 heterocycles. The van der Waals surface area contributed by atoms with Crippen LogP contribution in [0.15, 0.2) is 28.6 Å². The second-order valence-electron chi connectivity index (χ2n) is 5.53. The Hall–Kier alpha value is -1.85. The minimum absolute atomic E-state index is 0.306. The van der Waals surface area contributed by atoms with Crippen molar-refractivity contribution in [2.75, 3.05) is 28.7 Å². The van der Waals surface area contributed by atoms with Crippen molar-refractivity contribution in [1.82, 2.24) is 10.2 Å². The lowest BCUT2D eigenvalue weighted by Gasteiger charge is -2.19. The van der Waals surface area contributed by atoms with Crippen LogP contribution in [-0.4, -0.2) is 49.7 Å². The molecule has 1 amide bonds. The molecule has 0 saturated carbocycles. The number of rotatable bonds is 9. The van der Waals surface area contributed by atoms with E-state index in [1.54, 1.807) is 36.0 Å². The Labute approximate surface area is 167 Å². The van der Waals surface area contributed by atoms with Crippen LogP contribution in [0.3, 0.4) is 0 Å². The summed E-state index contributed by atoms with van der Waals surface area (Å²) in [5.41, 5.74) is 0.511. The second kappa shape index (κ2) is 9.38. The number of carbonyl (C=O) groups excluding carboxylic acids is 1. The molecule has 0 aliphatic rings. The second-order valence-corrected chi connectivity index (χ2v) is 10.0. The zero-order valence-corrected chi connectivity index (χ0v) is 17.9. The lowest BCUT2D eigenvalue weighted by molar-refractivity contribution is -0.122. The van der Waals surface area contributed by atoms with Crippen molar-refractivity contribution in [1.29, 1.82) is 0 Å². The van der Waals surface area contributed by atoms with Crippen molar-refractivity contribution in [2.24, 2.45) is 0 Å². The van der Waals surface area contributed by atoms with Crippen LogP contribution in [0.4, 0.5) is 10.8 Å². The van der Waals surface area contributed by atoms with Crippen LogP contribution in [0.1, 0.15) is 20.3 Å². The maximum Gasteiger partial charge on any atom is 0.267 e. The summed E-state index contributed by atoms with van der Waals surface area (Å²) >= 11 is 2.88. The van der Waals surface area contributed by atoms with Crippen molar-refractivity contribution in [3.63, 3.8) is 0 Å². The third kappa shape index (κ3) is 6.08. The summed E-state index contributed by atoms with van der Waals surface area (Å²) in [6, 6.07) is 6.52. The molecule has 8 nitrogen and oxygen atoms in total. The molecule has 1 aromatic carbocycles. The summed E-state index contributed by atoms with van der Waals surface area (Å²) < 4.78 is 30.9. The number of ether oxygens (including phenoxy) is 1. The average Bonchev–Trinajstić information content (AvgIpc) is 3.06. The lowest BCUT2D eigenvalue weighted by Crippen LogP contribution is -2.32. The fourth-order valence-corrected chi connectivity index (χ4v) is 4.20. The van der Waals surface area contributed by atoms with E-state index in [2.05, 4.69) is 15.5 Å². The minimum Gasteiger partial charge on any atom is -0.481 e. The molecule has 1 aromatic heterocycles. The third-order valence-electron chi connectivity index (χ3n) is 3.54. The van der Waals surface area contributed by atoms with Crippen LogP contribution in [0.25, 0.3) is 0 Å². The summed E-state index contributed by atoms with van der Waals surface area (Å²) in [5, 5.41) is 11.1. The number of amides is 1. The summed E-state index contributed by atoms with van der Waals surface area (Å²) in [7, 11) is -1.86. The van der Waals surface area contributed by atoms with Crippen LogP contribution < -0.4 is 14.4 Å². The standard InChI is InChI=1S/C16H22N4O4S3/c1-5-13(14(21)17-15-18-19-16(26-15)25-6-2)24-12-9-7-11(8-10-12)20(3)27(4,22)23/h7-10,13H,5-6H2,1-4H3,(H,17,18,21)/t13-/m1/s1. The van der Waals surface area contributed by atoms with E-state index in [-0.39, 0.29) is 5.91 Å². The molecule has 0 unspecified atom stereocenters. The number of aromatic nitrogens is 2. The first kappa shape index (κ1) is 21.5. The van der Waals surface area contributed by atoms with E-state index in [0.29, 0.717) is 23.0 Å². The molecule has 148 valence electrons. The van der Waals surface area contributed by atoms with Gasteiger partial charge in [-0.05, 0) is 36.4 Å². The highest BCUT2D eigenvalue weighted by Gasteiger charge is 2.20. The number of sulfonamides is 1. The first-order chi connectivity index (χ1) is 12.7. The first-order valence-corrected chi connectivity index (χ1v) is 11.9. The van der Waals surface area contributed by atoms with Gasteiger partial charge in [0.2, 0.25) is 15.2 Å². The molecule has 1 N–H and O–H groups in total. The molecule has 0 saturated heterocycles. The van der Waals surface area contributed by atoms with Crippen molar-refractivity contribution in [2.45, 2.75) is 30.7 Å². The number of nitrogens with one attached hydrogen (secondary N) is 1. The molecule has 0 spiro atoms. The molecule has 0 bridgehead atoms. The number of thioether (sulfide) groups is 1. The zero-order valence-electron chi connectivity index (χ0n) is 15.5. The van der Waals surface area contributed by atoms with E-state index in [9.17, 15) is 13.2 Å². The molecular weight excluding hydrogens is 408 g/mol. The number of hydrogen-bond donors (Lipinski definition) is 1. The van der Waals surface area contributed by atoms with Gasteiger partial charge in [0, 0.05) is 7.05 Å². The highest BCUT2D eigenvalue weighted by atomic mass is 32.2. The van der Waals surface area contributed by atoms with E-state index >= 15 is 0 Å². The Bertz CT molecular complexity index is 868. The van der Waals surface area contributed by atoms with E-state index in [1.807, 2.05) is 13.8 Å². The van der Waals surface area contributed by atoms with E-state index < -0.39 is 16.1 Å². The van der Waals surface area contributed by atoms with Gasteiger partial charge in [0.1, 0.15) is 5.75 Å². The lowest BCUT2D eigenvalue weighted by atomic mass is 10.2. The van der Waals surface area contributed by atoms with Crippen LogP contribution >= 0.6 is 23.1 Å². The third-order valence-corrected chi connectivity index (χ3v) is 6.60. The van der Waals surface area contributed by atoms with Crippen molar-refractivity contribution < 1.29 is 17.9 Å². The minimum atomic E-state index is -3.33. The Balaban J connectivity index is 2.01. The number of nitrogens with zero attached hydrogens (tertiary/aromatic N) is 3. The molecule has 27 heavy (non-hydrogen) atoms. The van der Waals surface area contributed by atoms with Gasteiger partial charge in [0.05, 0.1) is 11.9 Å². The molecule has 2 rings (SSSR count). The van der Waals surface area contributed by atoms with Gasteiger partial charge in [-0.1, -0.05) is 36.9 Å². The van der Waals surface area contributed by atoms with Crippen molar-refractivity contribution >= 4 is 49.8 Å². The molecule has 1 atom stereocenters. The topological polar surface area (TPSA) is 101 Å². The Morgan fingerprint density at radius 2 is 1.96 bits per heavy atom. The maximum absolute atomic E-state index is 12.4. The van der Waals surface area contributed by atoms with Crippen LogP contribution in [0, 0.1) is 0 Å². The fraction of sp³-hybridized carbons (Fsp3) is 0.438. The van der Waals surface area contributed by atoms with E-state index in [1.165, 1.54) is 22.7 Å². The highest BCUT2D eigenvalue weighted by molar-refractivity contribution is 8.01. The predicted molar refractivity (Wildman–Crippen MR) is 109 cm³/mol. The smallest absolute Gasteiger partial charge is 0.267 e. The fourth-order valence-electron chi connectivity index (χ4n) is 2.04. The number of anilines is 2. The zero-order chi connectivity index (χ0) is 20.0. The number of hydrogen-bond acceptors (Lipinski definition) is 8. The number of benzene rings is 1. The Kier molecular flexibility index (Phi) is 7.45. The van der Waals surface area contributed by atoms with Gasteiger partial charge >= 0.3 is 0 Å². The largest absolute Gasteiger partial charge is 0.481 e. The monoisotopic (exact) mass is 430 g/mol. The SMILES string of the molecule is CCSc1nnc(NC(=O)[C@@H](CC)Oc2ccc(N(C)S(C)(=O)=O)cc2)s1. The molecule has 0 aliphatic heterocycles. The summed E-state index contributed by atoms with van der Waals surface area (Å²) in [5.74, 6) is 1.05. The normalized spacial score (nSPS) is 12.4. The summed E-state index contributed by atoms with van der Waals surface area (Å²) in [6.45, 7) is 3.86. The summed E-state index contributed by atoms with van der Waals surface area (Å²) in [6.07, 6.45) is 0.897. The highest BCUT2D eigenvalue weighted by Crippen LogP contribution is 2.26. The van der Waals surface area contributed by atoms with Crippen molar-refractivity contribution in [3.05, 3.63) is 24.3 Å². The van der Waals surface area contributed by atoms with E-state index in [0.717, 1.165) is 16.3 Å². The van der Waals surface area contributed by atoms with Gasteiger partial charge < -0.3 is 4.74 Å². The van der Waals surface area contributed by atoms with Gasteiger partial charge in [-0.15, -0.1) is 10.2 Å². The van der Waals surface area contributed by atoms with Gasteiger partial charge in [-0.2, -0.15) is 0 Å². The van der Waals surface area contributed by atoms with Gasteiger partial charge in [-0.3, -0.25) is 14.4 Å². The molecule has 0 aliphatic carbocycles.